The predicted molar refractivity (Wildman–Crippen MR) is 93.0 cm³/mol. The first kappa shape index (κ1) is 14.3. The molecular weight excluding hydrogens is 333 g/mol. The number of benzene rings is 1. The van der Waals surface area contributed by atoms with Gasteiger partial charge in [-0.15, -0.1) is 11.3 Å². The number of halogens is 1. The Bertz CT molecular complexity index is 1030. The van der Waals surface area contributed by atoms with E-state index in [0.717, 1.165) is 10.2 Å². The molecule has 23 heavy (non-hydrogen) atoms. The molecule has 4 nitrogen and oxygen atoms in total. The number of aromatic nitrogens is 2. The van der Waals surface area contributed by atoms with Gasteiger partial charge in [0.05, 0.1) is 20.4 Å². The monoisotopic (exact) mass is 345 g/mol. The summed E-state index contributed by atoms with van der Waals surface area (Å²) in [5.41, 5.74) is 2.35. The normalized spacial score (nSPS) is 11.4. The van der Waals surface area contributed by atoms with Gasteiger partial charge in [0.2, 0.25) is 0 Å². The second-order valence-electron chi connectivity index (χ2n) is 5.03. The van der Waals surface area contributed by atoms with Crippen molar-refractivity contribution in [3.05, 3.63) is 47.2 Å². The molecule has 0 fully saturated rings. The van der Waals surface area contributed by atoms with Crippen molar-refractivity contribution in [2.45, 2.75) is 13.5 Å². The van der Waals surface area contributed by atoms with Gasteiger partial charge in [-0.3, -0.25) is 10.1 Å². The molecule has 0 unspecified atom stereocenters. The van der Waals surface area contributed by atoms with Gasteiger partial charge in [-0.05, 0) is 42.6 Å². The molecule has 0 radical (unpaired) electrons. The van der Waals surface area contributed by atoms with Gasteiger partial charge >= 0.3 is 0 Å². The fourth-order valence-electron chi connectivity index (χ4n) is 2.62. The summed E-state index contributed by atoms with van der Waals surface area (Å²) in [4.78, 5) is 16.9. The van der Waals surface area contributed by atoms with Gasteiger partial charge in [0, 0.05) is 6.54 Å². The third-order valence-electron chi connectivity index (χ3n) is 3.64. The third-order valence-corrected chi connectivity index (χ3v) is 5.43. The average Bonchev–Trinajstić information content (AvgIpc) is 3.18. The van der Waals surface area contributed by atoms with Crippen LogP contribution in [0.4, 0.5) is 9.52 Å². The van der Waals surface area contributed by atoms with Crippen molar-refractivity contribution in [2.24, 2.45) is 0 Å². The summed E-state index contributed by atoms with van der Waals surface area (Å²) < 4.78 is 17.0. The van der Waals surface area contributed by atoms with E-state index in [0.29, 0.717) is 27.6 Å². The molecule has 1 amide bonds. The number of aryl methyl sites for hydroxylation is 1. The smallest absolute Gasteiger partial charge is 0.274 e. The lowest BCUT2D eigenvalue weighted by molar-refractivity contribution is 0.101. The van der Waals surface area contributed by atoms with E-state index >= 15 is 0 Å². The molecular formula is C16H12FN3OS2. The number of hydrogen-bond donors (Lipinski definition) is 1. The predicted octanol–water partition coefficient (Wildman–Crippen LogP) is 4.72. The molecule has 0 aliphatic rings. The number of thiophene rings is 1. The Balaban J connectivity index is 1.68. The molecule has 3 heterocycles. The zero-order chi connectivity index (χ0) is 16.0. The molecule has 116 valence electrons. The lowest BCUT2D eigenvalue weighted by Gasteiger charge is -2.06. The van der Waals surface area contributed by atoms with Gasteiger partial charge in [0.25, 0.3) is 5.91 Å². The molecule has 0 aliphatic carbocycles. The maximum absolute atomic E-state index is 13.2. The highest BCUT2D eigenvalue weighted by Gasteiger charge is 2.17. The van der Waals surface area contributed by atoms with Crippen molar-refractivity contribution in [1.29, 1.82) is 0 Å². The molecule has 1 aromatic carbocycles. The van der Waals surface area contributed by atoms with Crippen LogP contribution in [-0.4, -0.2) is 15.5 Å². The minimum absolute atomic E-state index is 0.199. The summed E-state index contributed by atoms with van der Waals surface area (Å²) in [6.07, 6.45) is 0. The van der Waals surface area contributed by atoms with Crippen LogP contribution in [0.1, 0.15) is 17.4 Å². The van der Waals surface area contributed by atoms with Crippen molar-refractivity contribution in [3.8, 4) is 0 Å². The maximum Gasteiger partial charge on any atom is 0.274 e. The molecule has 0 spiro atoms. The number of thiazole rings is 1. The van der Waals surface area contributed by atoms with Gasteiger partial charge < -0.3 is 4.57 Å². The Morgan fingerprint density at radius 2 is 2.17 bits per heavy atom. The lowest BCUT2D eigenvalue weighted by Crippen LogP contribution is -2.16. The topological polar surface area (TPSA) is 46.9 Å². The van der Waals surface area contributed by atoms with Crippen LogP contribution in [0.15, 0.2) is 35.7 Å². The number of anilines is 1. The Morgan fingerprint density at radius 3 is 3.00 bits per heavy atom. The molecule has 0 aliphatic heterocycles. The van der Waals surface area contributed by atoms with Crippen LogP contribution >= 0.6 is 22.7 Å². The summed E-state index contributed by atoms with van der Waals surface area (Å²) in [6, 6.07) is 8.31. The fraction of sp³-hybridized carbons (Fsp3) is 0.125. The number of hydrogen-bond acceptors (Lipinski definition) is 4. The van der Waals surface area contributed by atoms with E-state index in [1.54, 1.807) is 17.4 Å². The second-order valence-corrected chi connectivity index (χ2v) is 7.01. The molecule has 3 aromatic heterocycles. The lowest BCUT2D eigenvalue weighted by atomic mass is 10.3. The van der Waals surface area contributed by atoms with E-state index in [1.807, 2.05) is 29.0 Å². The first-order valence-electron chi connectivity index (χ1n) is 7.10. The number of fused-ring (bicyclic) bond motifs is 2. The van der Waals surface area contributed by atoms with Crippen LogP contribution in [-0.2, 0) is 6.54 Å². The van der Waals surface area contributed by atoms with E-state index < -0.39 is 0 Å². The summed E-state index contributed by atoms with van der Waals surface area (Å²) in [7, 11) is 0. The minimum atomic E-state index is -0.306. The van der Waals surface area contributed by atoms with Gasteiger partial charge in [-0.1, -0.05) is 11.3 Å². The first-order valence-corrected chi connectivity index (χ1v) is 8.79. The average molecular weight is 345 g/mol. The highest BCUT2D eigenvalue weighted by Crippen LogP contribution is 2.29. The van der Waals surface area contributed by atoms with Gasteiger partial charge in [-0.2, -0.15) is 0 Å². The summed E-state index contributed by atoms with van der Waals surface area (Å²) in [6.45, 7) is 2.72. The number of carbonyl (C=O) groups excluding carboxylic acids is 1. The Labute approximate surface area is 139 Å². The van der Waals surface area contributed by atoms with Crippen molar-refractivity contribution in [3.63, 3.8) is 0 Å². The minimum Gasteiger partial charge on any atom is -0.336 e. The first-order chi connectivity index (χ1) is 11.2. The van der Waals surface area contributed by atoms with Crippen LogP contribution in [0, 0.1) is 5.82 Å². The zero-order valence-corrected chi connectivity index (χ0v) is 13.8. The van der Waals surface area contributed by atoms with Crippen molar-refractivity contribution in [1.82, 2.24) is 9.55 Å². The van der Waals surface area contributed by atoms with Crippen molar-refractivity contribution < 1.29 is 9.18 Å². The highest BCUT2D eigenvalue weighted by molar-refractivity contribution is 7.22. The number of carbonyl (C=O) groups is 1. The zero-order valence-electron chi connectivity index (χ0n) is 12.2. The molecule has 4 rings (SSSR count). The number of nitrogens with zero attached hydrogens (tertiary/aromatic N) is 2. The highest BCUT2D eigenvalue weighted by atomic mass is 32.1. The molecule has 0 bridgehead atoms. The SMILES string of the molecule is CCn1c(C(=O)Nc2nc3ccc(F)cc3s2)cc2sccc21. The Hall–Kier alpha value is -2.25. The third kappa shape index (κ3) is 2.42. The van der Waals surface area contributed by atoms with Crippen molar-refractivity contribution >= 4 is 54.1 Å². The summed E-state index contributed by atoms with van der Waals surface area (Å²) >= 11 is 2.88. The van der Waals surface area contributed by atoms with E-state index in [-0.39, 0.29) is 11.7 Å². The Morgan fingerprint density at radius 1 is 1.30 bits per heavy atom. The second kappa shape index (κ2) is 5.43. The summed E-state index contributed by atoms with van der Waals surface area (Å²) in [5, 5.41) is 5.31. The summed E-state index contributed by atoms with van der Waals surface area (Å²) in [5.74, 6) is -0.506. The van der Waals surface area contributed by atoms with Gasteiger partial charge in [0.1, 0.15) is 11.5 Å². The number of amides is 1. The van der Waals surface area contributed by atoms with E-state index in [4.69, 9.17) is 0 Å². The largest absolute Gasteiger partial charge is 0.336 e. The quantitative estimate of drug-likeness (QED) is 0.584. The van der Waals surface area contributed by atoms with E-state index in [1.165, 1.54) is 23.5 Å². The van der Waals surface area contributed by atoms with Crippen LogP contribution in [0.2, 0.25) is 0 Å². The van der Waals surface area contributed by atoms with Crippen LogP contribution in [0.25, 0.3) is 20.4 Å². The molecule has 4 aromatic rings. The fourth-order valence-corrected chi connectivity index (χ4v) is 4.33. The van der Waals surface area contributed by atoms with E-state index in [9.17, 15) is 9.18 Å². The molecule has 0 saturated carbocycles. The van der Waals surface area contributed by atoms with E-state index in [2.05, 4.69) is 10.3 Å². The van der Waals surface area contributed by atoms with Gasteiger partial charge in [0.15, 0.2) is 5.13 Å². The van der Waals surface area contributed by atoms with Crippen molar-refractivity contribution in [2.75, 3.05) is 5.32 Å². The molecule has 7 heteroatoms. The molecule has 1 N–H and O–H groups in total. The van der Waals surface area contributed by atoms with Crippen LogP contribution in [0.5, 0.6) is 0 Å². The molecule has 0 atom stereocenters. The number of rotatable bonds is 3. The van der Waals surface area contributed by atoms with Crippen LogP contribution in [0.3, 0.4) is 0 Å². The van der Waals surface area contributed by atoms with Crippen LogP contribution < -0.4 is 5.32 Å². The Kier molecular flexibility index (Phi) is 3.39. The number of nitrogens with one attached hydrogen (secondary N) is 1. The maximum atomic E-state index is 13.2. The standard InChI is InChI=1S/C16H12FN3OS2/c1-2-20-11-5-6-22-14(11)8-12(20)15(21)19-16-18-10-4-3-9(17)7-13(10)23-16/h3-8H,2H2,1H3,(H,18,19,21). The molecule has 0 saturated heterocycles. The van der Waals surface area contributed by atoms with Gasteiger partial charge in [-0.25, -0.2) is 9.37 Å².